The number of fused-ring (bicyclic) bond motifs is 1. The van der Waals surface area contributed by atoms with Crippen molar-refractivity contribution in [2.24, 2.45) is 5.92 Å². The molecule has 0 spiro atoms. The zero-order chi connectivity index (χ0) is 36.1. The topological polar surface area (TPSA) is 95.9 Å². The maximum absolute atomic E-state index is 13.9. The lowest BCUT2D eigenvalue weighted by molar-refractivity contribution is -0.145. The number of amides is 2. The molecule has 4 aromatic carbocycles. The van der Waals surface area contributed by atoms with Crippen molar-refractivity contribution in [3.05, 3.63) is 125 Å². The van der Waals surface area contributed by atoms with Gasteiger partial charge >= 0.3 is 12.1 Å². The Kier molecular flexibility index (Phi) is 10.7. The Labute approximate surface area is 293 Å². The van der Waals surface area contributed by atoms with Crippen LogP contribution in [0.3, 0.4) is 0 Å². The smallest absolute Gasteiger partial charge is 0.416 e. The summed E-state index contributed by atoms with van der Waals surface area (Å²) in [6, 6.07) is 22.3. The fourth-order valence-electron chi connectivity index (χ4n) is 6.96. The van der Waals surface area contributed by atoms with Gasteiger partial charge in [-0.15, -0.1) is 0 Å². The van der Waals surface area contributed by atoms with Gasteiger partial charge in [0.1, 0.15) is 30.3 Å². The SMILES string of the molecule is O=C(O)[C@H](Cc1ccc(-c2ccccc2)cc1)NC(=O)[C@@H]1Cc2ccc(OCc3cc(F)cc(C(F)(F)F)c3)cc2CN1C(=O)CC1CCCC1. The number of hydrogen-bond acceptors (Lipinski definition) is 4. The molecule has 0 unspecified atom stereocenters. The van der Waals surface area contributed by atoms with Gasteiger partial charge in [-0.25, -0.2) is 9.18 Å². The van der Waals surface area contributed by atoms with E-state index in [1.165, 1.54) is 4.90 Å². The molecule has 2 aliphatic rings. The lowest BCUT2D eigenvalue weighted by atomic mass is 9.91. The largest absolute Gasteiger partial charge is 0.489 e. The monoisotopic (exact) mass is 702 g/mol. The van der Waals surface area contributed by atoms with Crippen molar-refractivity contribution < 1.29 is 41.8 Å². The number of alkyl halides is 3. The molecule has 1 aliphatic heterocycles. The van der Waals surface area contributed by atoms with Crippen LogP contribution in [0.2, 0.25) is 0 Å². The van der Waals surface area contributed by atoms with E-state index < -0.39 is 41.5 Å². The predicted molar refractivity (Wildman–Crippen MR) is 182 cm³/mol. The van der Waals surface area contributed by atoms with Crippen LogP contribution >= 0.6 is 0 Å². The summed E-state index contributed by atoms with van der Waals surface area (Å²) in [4.78, 5) is 41.5. The van der Waals surface area contributed by atoms with Gasteiger partial charge in [-0.1, -0.05) is 73.5 Å². The molecule has 7 nitrogen and oxygen atoms in total. The Morgan fingerprint density at radius 3 is 2.25 bits per heavy atom. The van der Waals surface area contributed by atoms with Crippen molar-refractivity contribution in [3.63, 3.8) is 0 Å². The fourth-order valence-corrected chi connectivity index (χ4v) is 6.96. The van der Waals surface area contributed by atoms with E-state index in [1.54, 1.807) is 18.2 Å². The van der Waals surface area contributed by atoms with Gasteiger partial charge < -0.3 is 20.1 Å². The zero-order valence-corrected chi connectivity index (χ0v) is 27.8. The number of carbonyl (C=O) groups is 3. The summed E-state index contributed by atoms with van der Waals surface area (Å²) >= 11 is 0. The zero-order valence-electron chi connectivity index (χ0n) is 27.8. The van der Waals surface area contributed by atoms with Gasteiger partial charge in [-0.3, -0.25) is 9.59 Å². The third-order valence-corrected chi connectivity index (χ3v) is 9.67. The van der Waals surface area contributed by atoms with Crippen LogP contribution in [0.5, 0.6) is 5.75 Å². The normalized spacial score (nSPS) is 16.7. The first-order valence-electron chi connectivity index (χ1n) is 17.0. The van der Waals surface area contributed by atoms with Crippen LogP contribution in [0.25, 0.3) is 11.1 Å². The van der Waals surface area contributed by atoms with Gasteiger partial charge in [-0.2, -0.15) is 13.2 Å². The second-order valence-electron chi connectivity index (χ2n) is 13.3. The number of ether oxygens (including phenoxy) is 1. The first kappa shape index (κ1) is 35.6. The van der Waals surface area contributed by atoms with E-state index in [0.717, 1.165) is 60.1 Å². The molecule has 0 aromatic heterocycles. The van der Waals surface area contributed by atoms with E-state index in [2.05, 4.69) is 5.32 Å². The van der Waals surface area contributed by atoms with Crippen molar-refractivity contribution in [3.8, 4) is 16.9 Å². The summed E-state index contributed by atoms with van der Waals surface area (Å²) in [5.41, 5.74) is 3.07. The molecule has 51 heavy (non-hydrogen) atoms. The van der Waals surface area contributed by atoms with Crippen LogP contribution in [-0.2, 0) is 46.6 Å². The summed E-state index contributed by atoms with van der Waals surface area (Å²) in [6.07, 6.45) is -0.343. The highest BCUT2D eigenvalue weighted by molar-refractivity contribution is 5.91. The van der Waals surface area contributed by atoms with Crippen LogP contribution in [-0.4, -0.2) is 39.9 Å². The number of carboxylic acid groups (broad SMARTS) is 1. The highest BCUT2D eigenvalue weighted by Gasteiger charge is 2.37. The summed E-state index contributed by atoms with van der Waals surface area (Å²) < 4.78 is 59.3. The number of carbonyl (C=O) groups excluding carboxylic acids is 2. The molecule has 266 valence electrons. The molecule has 0 saturated heterocycles. The number of aliphatic carboxylic acids is 1. The summed E-state index contributed by atoms with van der Waals surface area (Å²) in [7, 11) is 0. The molecule has 2 N–H and O–H groups in total. The van der Waals surface area contributed by atoms with Crippen molar-refractivity contribution in [2.45, 2.75) is 76.4 Å². The van der Waals surface area contributed by atoms with Crippen LogP contribution in [0, 0.1) is 11.7 Å². The Bertz CT molecular complexity index is 1870. The Morgan fingerprint density at radius 2 is 1.57 bits per heavy atom. The Balaban J connectivity index is 1.18. The van der Waals surface area contributed by atoms with Gasteiger partial charge in [0.15, 0.2) is 0 Å². The van der Waals surface area contributed by atoms with E-state index in [0.29, 0.717) is 17.4 Å². The molecule has 0 bridgehead atoms. The summed E-state index contributed by atoms with van der Waals surface area (Å²) in [5, 5.41) is 12.8. The van der Waals surface area contributed by atoms with E-state index in [1.807, 2.05) is 54.6 Å². The maximum atomic E-state index is 13.9. The second-order valence-corrected chi connectivity index (χ2v) is 13.3. The molecule has 1 heterocycles. The lowest BCUT2D eigenvalue weighted by Crippen LogP contribution is -2.56. The van der Waals surface area contributed by atoms with E-state index >= 15 is 0 Å². The molecule has 0 radical (unpaired) electrons. The van der Waals surface area contributed by atoms with E-state index in [4.69, 9.17) is 4.74 Å². The highest BCUT2D eigenvalue weighted by Crippen LogP contribution is 2.33. The molecule has 4 aromatic rings. The first-order valence-corrected chi connectivity index (χ1v) is 17.0. The number of benzene rings is 4. The standard InChI is InChI=1S/C40H38F4N2O5/c41-33-17-27(16-32(22-33)40(42,43)44)24-51-34-15-14-30-21-36(46(23-31(30)20-34)37(47)19-25-6-4-5-7-25)38(48)45-35(39(49)50)18-26-10-12-29(13-11-26)28-8-2-1-3-9-28/h1-3,8-17,20,22,25,35-36H,4-7,18-19,21,23-24H2,(H,45,48)(H,49,50)/t35-,36-/m0/s1. The Hall–Kier alpha value is -5.19. The molecule has 1 aliphatic carbocycles. The van der Waals surface area contributed by atoms with Crippen molar-refractivity contribution in [1.29, 1.82) is 0 Å². The number of hydrogen-bond donors (Lipinski definition) is 2. The molecule has 2 amide bonds. The fraction of sp³-hybridized carbons (Fsp3) is 0.325. The molecule has 6 rings (SSSR count). The first-order chi connectivity index (χ1) is 24.4. The minimum absolute atomic E-state index is 0.00488. The van der Waals surface area contributed by atoms with Gasteiger partial charge in [0.25, 0.3) is 0 Å². The maximum Gasteiger partial charge on any atom is 0.416 e. The van der Waals surface area contributed by atoms with Gasteiger partial charge in [0.2, 0.25) is 11.8 Å². The molecule has 2 atom stereocenters. The average molecular weight is 703 g/mol. The number of nitrogens with zero attached hydrogens (tertiary/aromatic N) is 1. The molecular weight excluding hydrogens is 664 g/mol. The number of carboxylic acids is 1. The van der Waals surface area contributed by atoms with Crippen LogP contribution in [0.1, 0.15) is 59.9 Å². The molecular formula is C40H38F4N2O5. The predicted octanol–water partition coefficient (Wildman–Crippen LogP) is 7.74. The summed E-state index contributed by atoms with van der Waals surface area (Å²) in [5.74, 6) is -2.49. The lowest BCUT2D eigenvalue weighted by Gasteiger charge is -2.37. The summed E-state index contributed by atoms with van der Waals surface area (Å²) in [6.45, 7) is -0.256. The second kappa shape index (κ2) is 15.4. The quantitative estimate of drug-likeness (QED) is 0.156. The van der Waals surface area contributed by atoms with Crippen LogP contribution < -0.4 is 10.1 Å². The number of halogens is 4. The van der Waals surface area contributed by atoms with Gasteiger partial charge in [0, 0.05) is 25.8 Å². The number of rotatable bonds is 11. The Morgan fingerprint density at radius 1 is 0.863 bits per heavy atom. The van der Waals surface area contributed by atoms with Crippen molar-refractivity contribution in [1.82, 2.24) is 10.2 Å². The minimum Gasteiger partial charge on any atom is -0.489 e. The third kappa shape index (κ3) is 8.95. The molecule has 11 heteroatoms. The molecule has 1 saturated carbocycles. The third-order valence-electron chi connectivity index (χ3n) is 9.67. The van der Waals surface area contributed by atoms with Gasteiger partial charge in [0.05, 0.1) is 5.56 Å². The van der Waals surface area contributed by atoms with Gasteiger partial charge in [-0.05, 0) is 82.5 Å². The van der Waals surface area contributed by atoms with E-state index in [9.17, 15) is 37.1 Å². The highest BCUT2D eigenvalue weighted by atomic mass is 19.4. The average Bonchev–Trinajstić information content (AvgIpc) is 3.63. The number of nitrogens with one attached hydrogen (secondary N) is 1. The van der Waals surface area contributed by atoms with Crippen molar-refractivity contribution >= 4 is 17.8 Å². The minimum atomic E-state index is -4.71. The van der Waals surface area contributed by atoms with Crippen molar-refractivity contribution in [2.75, 3.05) is 0 Å². The van der Waals surface area contributed by atoms with Crippen LogP contribution in [0.4, 0.5) is 17.6 Å². The van der Waals surface area contributed by atoms with Crippen LogP contribution in [0.15, 0.2) is 91.0 Å². The molecule has 1 fully saturated rings. The van der Waals surface area contributed by atoms with E-state index in [-0.39, 0.29) is 49.8 Å².